The average molecular weight is 729 g/mol. The molecular weight excluding hydrogens is 685 g/mol. The van der Waals surface area contributed by atoms with Crippen LogP contribution in [-0.4, -0.2) is 6.04 Å². The molecule has 1 aliphatic rings. The second-order valence-electron chi connectivity index (χ2n) is 13.8. The first kappa shape index (κ1) is 35.6. The van der Waals surface area contributed by atoms with Crippen molar-refractivity contribution >= 4 is 65.9 Å². The summed E-state index contributed by atoms with van der Waals surface area (Å²) in [4.78, 5) is 4.70. The van der Waals surface area contributed by atoms with Crippen molar-refractivity contribution in [3.05, 3.63) is 229 Å². The van der Waals surface area contributed by atoms with Gasteiger partial charge in [-0.15, -0.1) is 11.3 Å². The maximum atomic E-state index is 4.15. The van der Waals surface area contributed by atoms with E-state index in [1.54, 1.807) is 0 Å². The largest absolute Gasteiger partial charge is 0.334 e. The first-order valence-corrected chi connectivity index (χ1v) is 19.8. The Kier molecular flexibility index (Phi) is 10.6. The second kappa shape index (κ2) is 16.3. The van der Waals surface area contributed by atoms with Crippen molar-refractivity contribution in [3.8, 4) is 0 Å². The molecule has 0 bridgehead atoms. The highest BCUT2D eigenvalue weighted by molar-refractivity contribution is 7.25. The fourth-order valence-electron chi connectivity index (χ4n) is 7.48. The molecule has 1 aliphatic carbocycles. The number of thiophene rings is 1. The Morgan fingerprint density at radius 1 is 0.618 bits per heavy atom. The van der Waals surface area contributed by atoms with Gasteiger partial charge in [0.15, 0.2) is 0 Å². The van der Waals surface area contributed by atoms with Crippen molar-refractivity contribution in [2.45, 2.75) is 19.9 Å². The Morgan fingerprint density at radius 2 is 1.22 bits per heavy atom. The van der Waals surface area contributed by atoms with Crippen molar-refractivity contribution < 1.29 is 0 Å². The van der Waals surface area contributed by atoms with Gasteiger partial charge in [0.2, 0.25) is 0 Å². The Bertz CT molecular complexity index is 2570. The molecule has 0 radical (unpaired) electrons. The molecule has 0 aliphatic heterocycles. The van der Waals surface area contributed by atoms with E-state index < -0.39 is 0 Å². The van der Waals surface area contributed by atoms with Crippen molar-refractivity contribution in [1.82, 2.24) is 0 Å². The Hall–Kier alpha value is -6.42. The Balaban J connectivity index is 1.22. The zero-order valence-corrected chi connectivity index (χ0v) is 32.1. The van der Waals surface area contributed by atoms with E-state index in [0.29, 0.717) is 5.92 Å². The van der Waals surface area contributed by atoms with Crippen LogP contribution in [0.3, 0.4) is 0 Å². The minimum absolute atomic E-state index is 0.214. The minimum atomic E-state index is 0.214. The normalized spacial score (nSPS) is 15.9. The molecule has 3 heteroatoms. The highest BCUT2D eigenvalue weighted by atomic mass is 32.1. The lowest BCUT2D eigenvalue weighted by molar-refractivity contribution is 0.609. The van der Waals surface area contributed by atoms with Crippen LogP contribution in [0, 0.1) is 5.92 Å². The van der Waals surface area contributed by atoms with Gasteiger partial charge in [0.25, 0.3) is 0 Å². The Labute approximate surface area is 329 Å². The Morgan fingerprint density at radius 3 is 1.93 bits per heavy atom. The number of rotatable bonds is 11. The molecule has 2 nitrogen and oxygen atoms in total. The lowest BCUT2D eigenvalue weighted by Crippen LogP contribution is -2.35. The number of hydrogen-bond acceptors (Lipinski definition) is 3. The predicted molar refractivity (Wildman–Crippen MR) is 241 cm³/mol. The summed E-state index contributed by atoms with van der Waals surface area (Å²) in [6, 6.07) is 55.0. The van der Waals surface area contributed by atoms with Crippen LogP contribution in [0.5, 0.6) is 0 Å². The molecule has 7 aromatic rings. The molecule has 268 valence electrons. The first-order chi connectivity index (χ1) is 27.1. The van der Waals surface area contributed by atoms with Crippen LogP contribution in [0.15, 0.2) is 213 Å². The van der Waals surface area contributed by atoms with Crippen molar-refractivity contribution in [2.24, 2.45) is 5.92 Å². The molecule has 0 spiro atoms. The molecule has 0 amide bonds. The third kappa shape index (κ3) is 7.53. The van der Waals surface area contributed by atoms with Gasteiger partial charge in [0.05, 0.1) is 6.04 Å². The van der Waals surface area contributed by atoms with Gasteiger partial charge < -0.3 is 9.80 Å². The number of nitrogens with zero attached hydrogens (tertiary/aromatic N) is 2. The van der Waals surface area contributed by atoms with Gasteiger partial charge in [0, 0.05) is 48.6 Å². The summed E-state index contributed by atoms with van der Waals surface area (Å²) in [6.07, 6.45) is 19.4. The standard InChI is InChI=1S/C52H44N2S/c1-4-6-18-42(5-2)53(43-19-9-7-10-20-43)45-31-26-39(27-32-45)36-48(41-30-35-52-49(37-41)47-23-14-16-25-51(47)55-52)40-28-33-46(34-29-40)54(44-21-11-8-12-22-44)50-24-15-13-17-38(50)3/h4-38,50H,2H2,1,3H3. The summed E-state index contributed by atoms with van der Waals surface area (Å²) in [7, 11) is 0. The van der Waals surface area contributed by atoms with E-state index >= 15 is 0 Å². The van der Waals surface area contributed by atoms with Gasteiger partial charge in [-0.3, -0.25) is 0 Å². The number of allylic oxidation sites excluding steroid dienone is 6. The van der Waals surface area contributed by atoms with E-state index in [1.807, 2.05) is 36.5 Å². The van der Waals surface area contributed by atoms with Crippen LogP contribution < -0.4 is 9.80 Å². The van der Waals surface area contributed by atoms with Crippen LogP contribution in [0.4, 0.5) is 22.7 Å². The highest BCUT2D eigenvalue weighted by Crippen LogP contribution is 2.39. The molecule has 0 fully saturated rings. The summed E-state index contributed by atoms with van der Waals surface area (Å²) < 4.78 is 2.61. The number of para-hydroxylation sites is 2. The molecule has 2 unspecified atom stereocenters. The number of anilines is 4. The maximum absolute atomic E-state index is 4.15. The van der Waals surface area contributed by atoms with Crippen LogP contribution in [0.2, 0.25) is 0 Å². The predicted octanol–water partition coefficient (Wildman–Crippen LogP) is 14.7. The van der Waals surface area contributed by atoms with E-state index in [0.717, 1.165) is 22.6 Å². The molecule has 0 saturated heterocycles. The van der Waals surface area contributed by atoms with Gasteiger partial charge in [0.1, 0.15) is 0 Å². The van der Waals surface area contributed by atoms with E-state index in [2.05, 4.69) is 211 Å². The molecule has 0 N–H and O–H groups in total. The molecule has 1 aromatic heterocycles. The molecule has 8 rings (SSSR count). The van der Waals surface area contributed by atoms with Crippen molar-refractivity contribution in [3.63, 3.8) is 0 Å². The second-order valence-corrected chi connectivity index (χ2v) is 14.9. The number of benzene rings is 6. The number of hydrogen-bond donors (Lipinski definition) is 0. The van der Waals surface area contributed by atoms with Crippen molar-refractivity contribution in [2.75, 3.05) is 9.80 Å². The molecule has 0 saturated carbocycles. The summed E-state index contributed by atoms with van der Waals surface area (Å²) in [6.45, 7) is 8.47. The fraction of sp³-hybridized carbons (Fsp3) is 0.0769. The smallest absolute Gasteiger partial charge is 0.0585 e. The monoisotopic (exact) mass is 728 g/mol. The van der Waals surface area contributed by atoms with E-state index in [9.17, 15) is 0 Å². The minimum Gasteiger partial charge on any atom is -0.334 e. The van der Waals surface area contributed by atoms with E-state index in [-0.39, 0.29) is 6.04 Å². The third-order valence-electron chi connectivity index (χ3n) is 10.3. The zero-order chi connectivity index (χ0) is 37.6. The van der Waals surface area contributed by atoms with Gasteiger partial charge in [-0.25, -0.2) is 0 Å². The maximum Gasteiger partial charge on any atom is 0.0585 e. The highest BCUT2D eigenvalue weighted by Gasteiger charge is 2.24. The molecule has 55 heavy (non-hydrogen) atoms. The SMILES string of the molecule is C=CC(=CC=CC)N(c1ccccc1)c1ccc(C=C(c2ccc(N(c3ccccc3)C3C=CC=CC3C)cc2)c2ccc3sc4ccccc4c3c2)cc1. The lowest BCUT2D eigenvalue weighted by atomic mass is 9.92. The zero-order valence-electron chi connectivity index (χ0n) is 31.3. The average Bonchev–Trinajstić information content (AvgIpc) is 3.62. The third-order valence-corrected chi connectivity index (χ3v) is 11.4. The fourth-order valence-corrected chi connectivity index (χ4v) is 8.56. The quantitative estimate of drug-likeness (QED) is 0.0966. The topological polar surface area (TPSA) is 6.48 Å². The van der Waals surface area contributed by atoms with Gasteiger partial charge in [-0.05, 0) is 120 Å². The summed E-state index contributed by atoms with van der Waals surface area (Å²) >= 11 is 1.85. The lowest BCUT2D eigenvalue weighted by Gasteiger charge is -2.36. The van der Waals surface area contributed by atoms with E-state index in [4.69, 9.17) is 0 Å². The van der Waals surface area contributed by atoms with Gasteiger partial charge in [-0.2, -0.15) is 0 Å². The first-order valence-electron chi connectivity index (χ1n) is 18.9. The molecule has 6 aromatic carbocycles. The molecular formula is C52H44N2S. The van der Waals surface area contributed by atoms with Crippen LogP contribution in [0.25, 0.3) is 31.8 Å². The van der Waals surface area contributed by atoms with Gasteiger partial charge >= 0.3 is 0 Å². The van der Waals surface area contributed by atoms with Crippen molar-refractivity contribution in [1.29, 1.82) is 0 Å². The van der Waals surface area contributed by atoms with Crippen LogP contribution >= 0.6 is 11.3 Å². The molecule has 1 heterocycles. The van der Waals surface area contributed by atoms with Gasteiger partial charge in [-0.1, -0.05) is 135 Å². The summed E-state index contributed by atoms with van der Waals surface area (Å²) in [5.74, 6) is 0.370. The summed E-state index contributed by atoms with van der Waals surface area (Å²) in [5.41, 5.74) is 10.2. The summed E-state index contributed by atoms with van der Waals surface area (Å²) in [5, 5.41) is 2.59. The molecule has 2 atom stereocenters. The number of fused-ring (bicyclic) bond motifs is 3. The van der Waals surface area contributed by atoms with Crippen LogP contribution in [0.1, 0.15) is 30.5 Å². The van der Waals surface area contributed by atoms with E-state index in [1.165, 1.54) is 48.2 Å². The van der Waals surface area contributed by atoms with Crippen LogP contribution in [-0.2, 0) is 0 Å².